The minimum absolute atomic E-state index is 0.551. The molecule has 0 aliphatic carbocycles. The van der Waals surface area contributed by atoms with Crippen LogP contribution in [0.3, 0.4) is 0 Å². The summed E-state index contributed by atoms with van der Waals surface area (Å²) in [7, 11) is 0. The van der Waals surface area contributed by atoms with E-state index in [2.05, 4.69) is 44.0 Å². The number of thiophene rings is 1. The number of aromatic nitrogens is 2. The summed E-state index contributed by atoms with van der Waals surface area (Å²) >= 11 is 1.83. The molecule has 0 unspecified atom stereocenters. The molecule has 0 bridgehead atoms. The van der Waals surface area contributed by atoms with E-state index in [1.807, 2.05) is 17.4 Å². The Morgan fingerprint density at radius 1 is 1.35 bits per heavy atom. The normalized spacial score (nSPS) is 18.6. The van der Waals surface area contributed by atoms with Gasteiger partial charge in [0.25, 0.3) is 0 Å². The number of anilines is 1. The van der Waals surface area contributed by atoms with Crippen molar-refractivity contribution in [2.75, 3.05) is 24.5 Å². The lowest BCUT2D eigenvalue weighted by Crippen LogP contribution is -2.39. The van der Waals surface area contributed by atoms with Crippen molar-refractivity contribution in [1.82, 2.24) is 15.5 Å². The van der Waals surface area contributed by atoms with E-state index in [0.29, 0.717) is 6.04 Å². The third-order valence-electron chi connectivity index (χ3n) is 3.74. The SMILES string of the molecule is c1cnnc(N2CCC[C@@H]2CNCCc2cccs2)c1. The summed E-state index contributed by atoms with van der Waals surface area (Å²) in [5, 5.41) is 13.9. The highest BCUT2D eigenvalue weighted by Gasteiger charge is 2.25. The average Bonchev–Trinajstić information content (AvgIpc) is 3.16. The topological polar surface area (TPSA) is 41.1 Å². The summed E-state index contributed by atoms with van der Waals surface area (Å²) in [5.41, 5.74) is 0. The third kappa shape index (κ3) is 3.35. The van der Waals surface area contributed by atoms with E-state index in [0.717, 1.165) is 31.9 Å². The van der Waals surface area contributed by atoms with Gasteiger partial charge < -0.3 is 10.2 Å². The van der Waals surface area contributed by atoms with Crippen LogP contribution in [0.25, 0.3) is 0 Å². The Labute approximate surface area is 123 Å². The van der Waals surface area contributed by atoms with Crippen molar-refractivity contribution in [1.29, 1.82) is 0 Å². The first-order chi connectivity index (χ1) is 9.93. The monoisotopic (exact) mass is 288 g/mol. The molecule has 3 rings (SSSR count). The van der Waals surface area contributed by atoms with Crippen LogP contribution in [0.2, 0.25) is 0 Å². The highest BCUT2D eigenvalue weighted by Crippen LogP contribution is 2.22. The maximum absolute atomic E-state index is 4.23. The summed E-state index contributed by atoms with van der Waals surface area (Å²) < 4.78 is 0. The van der Waals surface area contributed by atoms with Crippen molar-refractivity contribution < 1.29 is 0 Å². The first kappa shape index (κ1) is 13.5. The largest absolute Gasteiger partial charge is 0.351 e. The van der Waals surface area contributed by atoms with Crippen LogP contribution in [-0.4, -0.2) is 35.9 Å². The van der Waals surface area contributed by atoms with E-state index in [9.17, 15) is 0 Å². The molecule has 5 heteroatoms. The van der Waals surface area contributed by atoms with Crippen LogP contribution in [0.4, 0.5) is 5.82 Å². The lowest BCUT2D eigenvalue weighted by Gasteiger charge is -2.25. The van der Waals surface area contributed by atoms with Gasteiger partial charge in [0.2, 0.25) is 0 Å². The van der Waals surface area contributed by atoms with Crippen LogP contribution in [0.5, 0.6) is 0 Å². The Bertz CT molecular complexity index is 500. The van der Waals surface area contributed by atoms with Crippen molar-refractivity contribution >= 4 is 17.2 Å². The molecular weight excluding hydrogens is 268 g/mol. The zero-order valence-corrected chi connectivity index (χ0v) is 12.4. The molecule has 1 N–H and O–H groups in total. The molecule has 0 saturated carbocycles. The van der Waals surface area contributed by atoms with Gasteiger partial charge in [0.15, 0.2) is 5.82 Å². The zero-order valence-electron chi connectivity index (χ0n) is 11.5. The summed E-state index contributed by atoms with van der Waals surface area (Å²) in [6.07, 6.45) is 5.33. The van der Waals surface area contributed by atoms with Gasteiger partial charge in [-0.3, -0.25) is 0 Å². The first-order valence-corrected chi connectivity index (χ1v) is 8.09. The third-order valence-corrected chi connectivity index (χ3v) is 4.67. The molecule has 1 atom stereocenters. The van der Waals surface area contributed by atoms with Gasteiger partial charge in [-0.25, -0.2) is 0 Å². The molecule has 1 aliphatic heterocycles. The fraction of sp³-hybridized carbons (Fsp3) is 0.467. The van der Waals surface area contributed by atoms with Gasteiger partial charge in [0, 0.05) is 36.8 Å². The van der Waals surface area contributed by atoms with Gasteiger partial charge in [-0.05, 0) is 42.8 Å². The van der Waals surface area contributed by atoms with E-state index >= 15 is 0 Å². The smallest absolute Gasteiger partial charge is 0.151 e. The first-order valence-electron chi connectivity index (χ1n) is 7.21. The van der Waals surface area contributed by atoms with Crippen molar-refractivity contribution in [2.24, 2.45) is 0 Å². The highest BCUT2D eigenvalue weighted by molar-refractivity contribution is 7.09. The van der Waals surface area contributed by atoms with Gasteiger partial charge in [0.05, 0.1) is 0 Å². The number of nitrogens with one attached hydrogen (secondary N) is 1. The Balaban J connectivity index is 1.47. The van der Waals surface area contributed by atoms with E-state index in [1.54, 1.807) is 6.20 Å². The fourth-order valence-corrected chi connectivity index (χ4v) is 3.44. The van der Waals surface area contributed by atoms with Gasteiger partial charge in [-0.1, -0.05) is 6.07 Å². The summed E-state index contributed by atoms with van der Waals surface area (Å²) in [5.74, 6) is 1.01. The Kier molecular flexibility index (Phi) is 4.61. The molecule has 0 amide bonds. The molecule has 1 fully saturated rings. The zero-order chi connectivity index (χ0) is 13.6. The Hall–Kier alpha value is -1.46. The quantitative estimate of drug-likeness (QED) is 0.828. The molecule has 2 aromatic heterocycles. The number of rotatable bonds is 6. The van der Waals surface area contributed by atoms with Gasteiger partial charge in [0.1, 0.15) is 0 Å². The van der Waals surface area contributed by atoms with Crippen molar-refractivity contribution in [3.63, 3.8) is 0 Å². The molecule has 0 spiro atoms. The van der Waals surface area contributed by atoms with Gasteiger partial charge in [-0.15, -0.1) is 16.4 Å². The second kappa shape index (κ2) is 6.81. The number of hydrogen-bond donors (Lipinski definition) is 1. The van der Waals surface area contributed by atoms with E-state index < -0.39 is 0 Å². The second-order valence-corrected chi connectivity index (χ2v) is 6.14. The van der Waals surface area contributed by atoms with Crippen LogP contribution in [0.1, 0.15) is 17.7 Å². The molecule has 1 saturated heterocycles. The minimum Gasteiger partial charge on any atom is -0.351 e. The molecule has 1 aliphatic rings. The van der Waals surface area contributed by atoms with Crippen LogP contribution in [0.15, 0.2) is 35.8 Å². The van der Waals surface area contributed by atoms with Crippen molar-refractivity contribution in [3.05, 3.63) is 40.7 Å². The maximum Gasteiger partial charge on any atom is 0.151 e. The Morgan fingerprint density at radius 3 is 3.15 bits per heavy atom. The van der Waals surface area contributed by atoms with Crippen molar-refractivity contribution in [2.45, 2.75) is 25.3 Å². The molecule has 0 aromatic carbocycles. The second-order valence-electron chi connectivity index (χ2n) is 5.10. The standard InChI is InChI=1S/C15H20N4S/c1-6-15(18-17-8-1)19-10-2-4-13(19)12-16-9-7-14-5-3-11-20-14/h1,3,5-6,8,11,13,16H,2,4,7,9-10,12H2/t13-/m1/s1. The molecule has 20 heavy (non-hydrogen) atoms. The van der Waals surface area contributed by atoms with Crippen LogP contribution in [0, 0.1) is 0 Å². The Morgan fingerprint density at radius 2 is 2.35 bits per heavy atom. The number of nitrogens with zero attached hydrogens (tertiary/aromatic N) is 3. The maximum atomic E-state index is 4.23. The molecular formula is C15H20N4S. The van der Waals surface area contributed by atoms with Crippen LogP contribution in [-0.2, 0) is 6.42 Å². The lowest BCUT2D eigenvalue weighted by molar-refractivity contribution is 0.572. The molecule has 4 nitrogen and oxygen atoms in total. The summed E-state index contributed by atoms with van der Waals surface area (Å²) in [4.78, 5) is 3.83. The number of hydrogen-bond acceptors (Lipinski definition) is 5. The van der Waals surface area contributed by atoms with Crippen LogP contribution < -0.4 is 10.2 Å². The van der Waals surface area contributed by atoms with E-state index in [-0.39, 0.29) is 0 Å². The molecule has 3 heterocycles. The highest BCUT2D eigenvalue weighted by atomic mass is 32.1. The molecule has 2 aromatic rings. The fourth-order valence-electron chi connectivity index (χ4n) is 2.73. The average molecular weight is 288 g/mol. The van der Waals surface area contributed by atoms with E-state index in [4.69, 9.17) is 0 Å². The van der Waals surface area contributed by atoms with Gasteiger partial charge >= 0.3 is 0 Å². The van der Waals surface area contributed by atoms with Crippen molar-refractivity contribution in [3.8, 4) is 0 Å². The summed E-state index contributed by atoms with van der Waals surface area (Å²) in [6, 6.07) is 8.88. The predicted molar refractivity (Wildman–Crippen MR) is 83.3 cm³/mol. The van der Waals surface area contributed by atoms with Crippen LogP contribution >= 0.6 is 11.3 Å². The van der Waals surface area contributed by atoms with E-state index in [1.165, 1.54) is 17.7 Å². The van der Waals surface area contributed by atoms with Gasteiger partial charge in [-0.2, -0.15) is 5.10 Å². The molecule has 0 radical (unpaired) electrons. The predicted octanol–water partition coefficient (Wildman–Crippen LogP) is 2.34. The minimum atomic E-state index is 0.551. The summed E-state index contributed by atoms with van der Waals surface area (Å²) in [6.45, 7) is 3.17. The molecule has 106 valence electrons. The lowest BCUT2D eigenvalue weighted by atomic mass is 10.2.